The second-order valence-electron chi connectivity index (χ2n) is 3.46. The van der Waals surface area contributed by atoms with Gasteiger partial charge in [0.15, 0.2) is 0 Å². The van der Waals surface area contributed by atoms with Crippen LogP contribution < -0.4 is 5.73 Å². The normalized spacial score (nSPS) is 10.7. The summed E-state index contributed by atoms with van der Waals surface area (Å²) >= 11 is 0. The number of rotatable bonds is 3. The smallest absolute Gasteiger partial charge is 0.330 e. The molecule has 2 N–H and O–H groups in total. The highest BCUT2D eigenvalue weighted by atomic mass is 16.5. The van der Waals surface area contributed by atoms with Crippen molar-refractivity contribution in [2.24, 2.45) is 0 Å². The number of esters is 1. The van der Waals surface area contributed by atoms with Gasteiger partial charge in [0.25, 0.3) is 0 Å². The molecule has 1 heterocycles. The van der Waals surface area contributed by atoms with Crippen molar-refractivity contribution in [1.29, 1.82) is 0 Å². The second kappa shape index (κ2) is 5.30. The van der Waals surface area contributed by atoms with Crippen LogP contribution in [0.5, 0.6) is 0 Å². The molecule has 0 radical (unpaired) electrons. The number of pyridine rings is 1. The first-order chi connectivity index (χ1) is 7.54. The summed E-state index contributed by atoms with van der Waals surface area (Å²) in [6, 6.07) is 1.90. The number of aromatic nitrogens is 1. The third-order valence-electron chi connectivity index (χ3n) is 2.09. The van der Waals surface area contributed by atoms with Crippen LogP contribution in [0.15, 0.2) is 12.1 Å². The minimum Gasteiger partial charge on any atom is -0.463 e. The quantitative estimate of drug-likeness (QED) is 0.623. The zero-order valence-corrected chi connectivity index (χ0v) is 9.78. The Labute approximate surface area is 95.1 Å². The van der Waals surface area contributed by atoms with Crippen LogP contribution in [0.4, 0.5) is 5.69 Å². The van der Waals surface area contributed by atoms with Crippen LogP contribution in [0, 0.1) is 13.8 Å². The minimum atomic E-state index is -0.386. The van der Waals surface area contributed by atoms with Crippen LogP contribution in [0.25, 0.3) is 6.08 Å². The number of nitrogen functional groups attached to an aromatic ring is 1. The zero-order valence-electron chi connectivity index (χ0n) is 9.78. The van der Waals surface area contributed by atoms with Gasteiger partial charge in [-0.15, -0.1) is 0 Å². The van der Waals surface area contributed by atoms with E-state index in [9.17, 15) is 4.79 Å². The molecule has 4 heteroatoms. The summed E-state index contributed by atoms with van der Waals surface area (Å²) in [6.07, 6.45) is 2.91. The lowest BCUT2D eigenvalue weighted by Gasteiger charge is -2.05. The topological polar surface area (TPSA) is 65.2 Å². The molecule has 0 aliphatic rings. The molecule has 0 bridgehead atoms. The SMILES string of the molecule is CCOC(=O)C=Cc1nc(C)cc(C)c1N. The molecule has 16 heavy (non-hydrogen) atoms. The Morgan fingerprint density at radius 2 is 2.25 bits per heavy atom. The first kappa shape index (κ1) is 12.2. The van der Waals surface area contributed by atoms with Crippen molar-refractivity contribution < 1.29 is 9.53 Å². The van der Waals surface area contributed by atoms with E-state index in [1.165, 1.54) is 6.08 Å². The van der Waals surface area contributed by atoms with E-state index in [2.05, 4.69) is 4.98 Å². The molecule has 0 unspecified atom stereocenters. The van der Waals surface area contributed by atoms with Gasteiger partial charge in [0.2, 0.25) is 0 Å². The Kier molecular flexibility index (Phi) is 4.05. The molecule has 1 aromatic rings. The Bertz CT molecular complexity index is 425. The highest BCUT2D eigenvalue weighted by Gasteiger charge is 2.03. The maximum atomic E-state index is 11.1. The highest BCUT2D eigenvalue weighted by molar-refractivity contribution is 5.87. The molecule has 0 aliphatic carbocycles. The zero-order chi connectivity index (χ0) is 12.1. The fourth-order valence-corrected chi connectivity index (χ4v) is 1.34. The third-order valence-corrected chi connectivity index (χ3v) is 2.09. The number of carbonyl (C=O) groups excluding carboxylic acids is 1. The van der Waals surface area contributed by atoms with Gasteiger partial charge < -0.3 is 10.5 Å². The van der Waals surface area contributed by atoms with Crippen LogP contribution >= 0.6 is 0 Å². The predicted octanol–water partition coefficient (Wildman–Crippen LogP) is 1.86. The van der Waals surface area contributed by atoms with E-state index in [1.54, 1.807) is 13.0 Å². The maximum Gasteiger partial charge on any atom is 0.330 e. The lowest BCUT2D eigenvalue weighted by molar-refractivity contribution is -0.137. The van der Waals surface area contributed by atoms with Crippen LogP contribution in [0.3, 0.4) is 0 Å². The molecular weight excluding hydrogens is 204 g/mol. The van der Waals surface area contributed by atoms with Gasteiger partial charge in [-0.05, 0) is 38.5 Å². The predicted molar refractivity (Wildman–Crippen MR) is 63.8 cm³/mol. The lowest BCUT2D eigenvalue weighted by atomic mass is 10.1. The van der Waals surface area contributed by atoms with Crippen molar-refractivity contribution in [3.63, 3.8) is 0 Å². The Hall–Kier alpha value is -1.84. The number of nitrogens with zero attached hydrogens (tertiary/aromatic N) is 1. The van der Waals surface area contributed by atoms with Crippen molar-refractivity contribution in [3.05, 3.63) is 29.1 Å². The van der Waals surface area contributed by atoms with Gasteiger partial charge in [0, 0.05) is 11.8 Å². The number of nitrogens with two attached hydrogens (primary N) is 1. The summed E-state index contributed by atoms with van der Waals surface area (Å²) in [5.41, 5.74) is 8.86. The van der Waals surface area contributed by atoms with E-state index in [4.69, 9.17) is 10.5 Å². The molecule has 1 aromatic heterocycles. The number of carbonyl (C=O) groups is 1. The first-order valence-corrected chi connectivity index (χ1v) is 5.13. The van der Waals surface area contributed by atoms with E-state index < -0.39 is 0 Å². The van der Waals surface area contributed by atoms with Crippen LogP contribution in [0.1, 0.15) is 23.9 Å². The standard InChI is InChI=1S/C12H16N2O2/c1-4-16-11(15)6-5-10-12(13)8(2)7-9(3)14-10/h5-7H,4,13H2,1-3H3. The lowest BCUT2D eigenvalue weighted by Crippen LogP contribution is -2.01. The van der Waals surface area contributed by atoms with Crippen molar-refractivity contribution in [2.75, 3.05) is 12.3 Å². The van der Waals surface area contributed by atoms with Crippen molar-refractivity contribution >= 4 is 17.7 Å². The molecule has 0 aromatic carbocycles. The fourth-order valence-electron chi connectivity index (χ4n) is 1.34. The number of hydrogen-bond acceptors (Lipinski definition) is 4. The molecule has 0 saturated carbocycles. The van der Waals surface area contributed by atoms with E-state index in [0.717, 1.165) is 11.3 Å². The van der Waals surface area contributed by atoms with Gasteiger partial charge in [-0.25, -0.2) is 4.79 Å². The second-order valence-corrected chi connectivity index (χ2v) is 3.46. The van der Waals surface area contributed by atoms with E-state index >= 15 is 0 Å². The average molecular weight is 220 g/mol. The summed E-state index contributed by atoms with van der Waals surface area (Å²) in [7, 11) is 0. The molecule has 1 rings (SSSR count). The fraction of sp³-hybridized carbons (Fsp3) is 0.333. The van der Waals surface area contributed by atoms with E-state index in [0.29, 0.717) is 18.0 Å². The van der Waals surface area contributed by atoms with E-state index in [1.807, 2.05) is 19.9 Å². The molecule has 0 saturated heterocycles. The first-order valence-electron chi connectivity index (χ1n) is 5.13. The van der Waals surface area contributed by atoms with Gasteiger partial charge in [-0.2, -0.15) is 0 Å². The average Bonchev–Trinajstić information content (AvgIpc) is 2.21. The van der Waals surface area contributed by atoms with Gasteiger partial charge in [0.1, 0.15) is 0 Å². The Balaban J connectivity index is 2.93. The summed E-state index contributed by atoms with van der Waals surface area (Å²) in [5.74, 6) is -0.386. The molecule has 0 spiro atoms. The number of hydrogen-bond donors (Lipinski definition) is 1. The summed E-state index contributed by atoms with van der Waals surface area (Å²) in [4.78, 5) is 15.4. The summed E-state index contributed by atoms with van der Waals surface area (Å²) < 4.78 is 4.77. The molecule has 0 fully saturated rings. The van der Waals surface area contributed by atoms with Gasteiger partial charge in [-0.1, -0.05) is 0 Å². The van der Waals surface area contributed by atoms with Gasteiger partial charge >= 0.3 is 5.97 Å². The van der Waals surface area contributed by atoms with Crippen molar-refractivity contribution in [3.8, 4) is 0 Å². The van der Waals surface area contributed by atoms with Gasteiger partial charge in [0.05, 0.1) is 18.0 Å². The van der Waals surface area contributed by atoms with Crippen LogP contribution in [-0.2, 0) is 9.53 Å². The monoisotopic (exact) mass is 220 g/mol. The molecule has 0 aliphatic heterocycles. The largest absolute Gasteiger partial charge is 0.463 e. The molecule has 0 amide bonds. The number of aryl methyl sites for hydroxylation is 2. The Morgan fingerprint density at radius 1 is 1.56 bits per heavy atom. The summed E-state index contributed by atoms with van der Waals surface area (Å²) in [6.45, 7) is 5.91. The molecule has 4 nitrogen and oxygen atoms in total. The van der Waals surface area contributed by atoms with Gasteiger partial charge in [-0.3, -0.25) is 4.98 Å². The summed E-state index contributed by atoms with van der Waals surface area (Å²) in [5, 5.41) is 0. The minimum absolute atomic E-state index is 0.360. The third kappa shape index (κ3) is 3.08. The van der Waals surface area contributed by atoms with E-state index in [-0.39, 0.29) is 5.97 Å². The van der Waals surface area contributed by atoms with Crippen LogP contribution in [-0.4, -0.2) is 17.6 Å². The molecular formula is C12H16N2O2. The number of ether oxygens (including phenoxy) is 1. The highest BCUT2D eigenvalue weighted by Crippen LogP contribution is 2.17. The maximum absolute atomic E-state index is 11.1. The van der Waals surface area contributed by atoms with Crippen molar-refractivity contribution in [1.82, 2.24) is 4.98 Å². The molecule has 0 atom stereocenters. The Morgan fingerprint density at radius 3 is 2.88 bits per heavy atom. The molecule has 86 valence electrons. The van der Waals surface area contributed by atoms with Crippen molar-refractivity contribution in [2.45, 2.75) is 20.8 Å². The van der Waals surface area contributed by atoms with Crippen LogP contribution in [0.2, 0.25) is 0 Å². The number of anilines is 1.